The first kappa shape index (κ1) is 10.8. The molecular weight excluding hydrogens is 210 g/mol. The Kier molecular flexibility index (Phi) is 2.25. The van der Waals surface area contributed by atoms with Gasteiger partial charge in [0.2, 0.25) is 5.78 Å². The number of rotatable bonds is 0. The zero-order valence-electron chi connectivity index (χ0n) is 11.0. The van der Waals surface area contributed by atoms with Crippen LogP contribution < -0.4 is 0 Å². The lowest BCUT2D eigenvalue weighted by Crippen LogP contribution is -2.16. The first-order valence-corrected chi connectivity index (χ1v) is 6.43. The third kappa shape index (κ3) is 1.48. The van der Waals surface area contributed by atoms with Gasteiger partial charge in [-0.25, -0.2) is 9.97 Å². The van der Waals surface area contributed by atoms with E-state index in [1.54, 1.807) is 0 Å². The molecule has 1 aliphatic carbocycles. The van der Waals surface area contributed by atoms with E-state index in [-0.39, 0.29) is 0 Å². The Hall–Kier alpha value is -1.38. The van der Waals surface area contributed by atoms with Crippen LogP contribution in [0, 0.1) is 19.8 Å². The van der Waals surface area contributed by atoms with Gasteiger partial charge in [-0.05, 0) is 38.7 Å². The summed E-state index contributed by atoms with van der Waals surface area (Å²) in [6.45, 7) is 8.79. The molecule has 0 spiro atoms. The summed E-state index contributed by atoms with van der Waals surface area (Å²) in [4.78, 5) is 9.31. The van der Waals surface area contributed by atoms with Crippen LogP contribution in [0.5, 0.6) is 0 Å². The normalized spacial score (nSPS) is 24.0. The summed E-state index contributed by atoms with van der Waals surface area (Å²) in [6.07, 6.45) is 2.39. The Bertz CT molecular complexity index is 583. The molecule has 3 nitrogen and oxygen atoms in total. The van der Waals surface area contributed by atoms with Gasteiger partial charge in [-0.2, -0.15) is 0 Å². The molecule has 2 aromatic heterocycles. The SMILES string of the molecule is Cc1cc(C)n2c3c(nc2n1)C(C)C(C)CC3. The van der Waals surface area contributed by atoms with Crippen molar-refractivity contribution in [1.29, 1.82) is 0 Å². The first-order chi connectivity index (χ1) is 8.08. The minimum atomic E-state index is 0.556. The van der Waals surface area contributed by atoms with Crippen molar-refractivity contribution in [2.45, 2.75) is 46.5 Å². The summed E-state index contributed by atoms with van der Waals surface area (Å²) < 4.78 is 2.24. The average Bonchev–Trinajstić information content (AvgIpc) is 2.62. The summed E-state index contributed by atoms with van der Waals surface area (Å²) in [6, 6.07) is 2.14. The lowest BCUT2D eigenvalue weighted by Gasteiger charge is -2.24. The quantitative estimate of drug-likeness (QED) is 0.695. The maximum absolute atomic E-state index is 4.76. The highest BCUT2D eigenvalue weighted by molar-refractivity contribution is 5.41. The molecule has 90 valence electrons. The number of nitrogens with zero attached hydrogens (tertiary/aromatic N) is 3. The second-order valence-corrected chi connectivity index (χ2v) is 5.42. The summed E-state index contributed by atoms with van der Waals surface area (Å²) in [5, 5.41) is 0. The monoisotopic (exact) mass is 229 g/mol. The minimum absolute atomic E-state index is 0.556. The van der Waals surface area contributed by atoms with Crippen molar-refractivity contribution >= 4 is 5.78 Å². The summed E-state index contributed by atoms with van der Waals surface area (Å²) in [5.41, 5.74) is 4.96. The number of hydrogen-bond donors (Lipinski definition) is 0. The third-order valence-corrected chi connectivity index (χ3v) is 4.15. The molecule has 0 N–H and O–H groups in total. The maximum atomic E-state index is 4.76. The Labute approximate surface area is 102 Å². The predicted molar refractivity (Wildman–Crippen MR) is 68.4 cm³/mol. The van der Waals surface area contributed by atoms with E-state index in [0.717, 1.165) is 23.8 Å². The molecule has 2 unspecified atom stereocenters. The molecule has 1 aliphatic rings. The molecule has 3 heteroatoms. The van der Waals surface area contributed by atoms with E-state index in [1.165, 1.54) is 23.5 Å². The average molecular weight is 229 g/mol. The van der Waals surface area contributed by atoms with Crippen LogP contribution in [0.3, 0.4) is 0 Å². The molecular formula is C14H19N3. The fourth-order valence-electron chi connectivity index (χ4n) is 2.95. The standard InChI is InChI=1S/C14H19N3/c1-8-5-6-12-13(11(8)4)16-14-15-9(2)7-10(3)17(12)14/h7-8,11H,5-6H2,1-4H3. The highest BCUT2D eigenvalue weighted by atomic mass is 15.1. The van der Waals surface area contributed by atoms with Gasteiger partial charge in [-0.15, -0.1) is 0 Å². The summed E-state index contributed by atoms with van der Waals surface area (Å²) >= 11 is 0. The van der Waals surface area contributed by atoms with Crippen molar-refractivity contribution in [3.05, 3.63) is 28.8 Å². The summed E-state index contributed by atoms with van der Waals surface area (Å²) in [5.74, 6) is 2.17. The molecule has 0 amide bonds. The van der Waals surface area contributed by atoms with Gasteiger partial charge in [-0.3, -0.25) is 4.40 Å². The fraction of sp³-hybridized carbons (Fsp3) is 0.571. The number of aryl methyl sites for hydroxylation is 3. The maximum Gasteiger partial charge on any atom is 0.234 e. The lowest BCUT2D eigenvalue weighted by molar-refractivity contribution is 0.415. The van der Waals surface area contributed by atoms with E-state index >= 15 is 0 Å². The van der Waals surface area contributed by atoms with Crippen molar-refractivity contribution in [2.24, 2.45) is 5.92 Å². The van der Waals surface area contributed by atoms with Crippen molar-refractivity contribution in [2.75, 3.05) is 0 Å². The number of fused-ring (bicyclic) bond motifs is 3. The number of aromatic nitrogens is 3. The van der Waals surface area contributed by atoms with Crippen LogP contribution in [0.15, 0.2) is 6.07 Å². The zero-order valence-corrected chi connectivity index (χ0v) is 11.0. The third-order valence-electron chi connectivity index (χ3n) is 4.15. The molecule has 2 atom stereocenters. The molecule has 0 saturated heterocycles. The molecule has 2 heterocycles. The molecule has 0 aliphatic heterocycles. The highest BCUT2D eigenvalue weighted by Gasteiger charge is 2.28. The van der Waals surface area contributed by atoms with Crippen LogP contribution in [0.1, 0.15) is 49.0 Å². The highest BCUT2D eigenvalue weighted by Crippen LogP contribution is 2.35. The van der Waals surface area contributed by atoms with Crippen LogP contribution in [0.2, 0.25) is 0 Å². The van der Waals surface area contributed by atoms with Gasteiger partial charge in [-0.1, -0.05) is 13.8 Å². The molecule has 3 rings (SSSR count). The molecule has 2 aromatic rings. The Morgan fingerprint density at radius 2 is 2.00 bits per heavy atom. The minimum Gasteiger partial charge on any atom is -0.285 e. The molecule has 0 fully saturated rings. The van der Waals surface area contributed by atoms with Gasteiger partial charge in [0.25, 0.3) is 0 Å². The van der Waals surface area contributed by atoms with E-state index in [9.17, 15) is 0 Å². The molecule has 0 saturated carbocycles. The molecule has 17 heavy (non-hydrogen) atoms. The second kappa shape index (κ2) is 3.56. The zero-order chi connectivity index (χ0) is 12.2. The van der Waals surface area contributed by atoms with E-state index in [4.69, 9.17) is 4.98 Å². The van der Waals surface area contributed by atoms with E-state index in [0.29, 0.717) is 5.92 Å². The Morgan fingerprint density at radius 3 is 2.76 bits per heavy atom. The van der Waals surface area contributed by atoms with Gasteiger partial charge >= 0.3 is 0 Å². The molecule has 0 aromatic carbocycles. The van der Waals surface area contributed by atoms with Crippen molar-refractivity contribution in [3.8, 4) is 0 Å². The van der Waals surface area contributed by atoms with Gasteiger partial charge in [0.05, 0.1) is 5.69 Å². The largest absolute Gasteiger partial charge is 0.285 e. The van der Waals surface area contributed by atoms with E-state index < -0.39 is 0 Å². The van der Waals surface area contributed by atoms with Crippen molar-refractivity contribution in [1.82, 2.24) is 14.4 Å². The predicted octanol–water partition coefficient (Wildman–Crippen LogP) is 3.03. The van der Waals surface area contributed by atoms with Crippen molar-refractivity contribution in [3.63, 3.8) is 0 Å². The van der Waals surface area contributed by atoms with Gasteiger partial charge in [0.1, 0.15) is 0 Å². The van der Waals surface area contributed by atoms with Crippen LogP contribution in [0.25, 0.3) is 5.78 Å². The van der Waals surface area contributed by atoms with E-state index in [1.807, 2.05) is 6.92 Å². The smallest absolute Gasteiger partial charge is 0.234 e. The van der Waals surface area contributed by atoms with Crippen LogP contribution in [-0.4, -0.2) is 14.4 Å². The van der Waals surface area contributed by atoms with E-state index in [2.05, 4.69) is 36.2 Å². The topological polar surface area (TPSA) is 30.2 Å². The fourth-order valence-corrected chi connectivity index (χ4v) is 2.95. The van der Waals surface area contributed by atoms with Gasteiger partial charge in [0.15, 0.2) is 0 Å². The first-order valence-electron chi connectivity index (χ1n) is 6.43. The Morgan fingerprint density at radius 1 is 1.24 bits per heavy atom. The number of hydrogen-bond acceptors (Lipinski definition) is 2. The Balaban J connectivity index is 2.31. The molecule has 0 radical (unpaired) electrons. The van der Waals surface area contributed by atoms with Crippen LogP contribution in [0.4, 0.5) is 0 Å². The number of imidazole rings is 1. The van der Waals surface area contributed by atoms with Gasteiger partial charge < -0.3 is 0 Å². The molecule has 0 bridgehead atoms. The van der Waals surface area contributed by atoms with Crippen LogP contribution in [-0.2, 0) is 6.42 Å². The van der Waals surface area contributed by atoms with Crippen molar-refractivity contribution < 1.29 is 0 Å². The van der Waals surface area contributed by atoms with Gasteiger partial charge in [0, 0.05) is 23.0 Å². The van der Waals surface area contributed by atoms with Crippen LogP contribution >= 0.6 is 0 Å². The summed E-state index contributed by atoms with van der Waals surface area (Å²) in [7, 11) is 0. The second-order valence-electron chi connectivity index (χ2n) is 5.42. The lowest BCUT2D eigenvalue weighted by atomic mass is 9.82.